The molecule has 0 spiro atoms. The number of carbonyl (C=O) groups is 1. The van der Waals surface area contributed by atoms with E-state index >= 15 is 0 Å². The number of hydrogen-bond donors (Lipinski definition) is 0. The number of ether oxygens (including phenoxy) is 2. The van der Waals surface area contributed by atoms with Crippen LogP contribution in [0.15, 0.2) is 18.2 Å². The summed E-state index contributed by atoms with van der Waals surface area (Å²) in [6.07, 6.45) is 5.62. The van der Waals surface area contributed by atoms with Gasteiger partial charge in [-0.15, -0.1) is 0 Å². The summed E-state index contributed by atoms with van der Waals surface area (Å²) in [5, 5.41) is 1.13. The molecule has 168 valence electrons. The number of rotatable bonds is 7. The van der Waals surface area contributed by atoms with Crippen molar-refractivity contribution in [1.82, 2.24) is 14.8 Å². The molecular formula is C25H35N3O3. The fraction of sp³-hybridized carbons (Fsp3) is 0.600. The van der Waals surface area contributed by atoms with Crippen molar-refractivity contribution in [3.05, 3.63) is 29.5 Å². The Morgan fingerprint density at radius 2 is 1.84 bits per heavy atom. The molecule has 0 radical (unpaired) electrons. The number of hydrogen-bond acceptors (Lipinski definition) is 5. The minimum atomic E-state index is 0.169. The number of carbonyl (C=O) groups excluding carboxylic acids is 1. The molecule has 1 aromatic heterocycles. The van der Waals surface area contributed by atoms with Crippen molar-refractivity contribution in [2.45, 2.75) is 51.9 Å². The average molecular weight is 426 g/mol. The highest BCUT2D eigenvalue weighted by atomic mass is 16.5. The Morgan fingerprint density at radius 3 is 2.52 bits per heavy atom. The molecule has 31 heavy (non-hydrogen) atoms. The summed E-state index contributed by atoms with van der Waals surface area (Å²) in [4.78, 5) is 20.9. The molecular weight excluding hydrogens is 390 g/mol. The summed E-state index contributed by atoms with van der Waals surface area (Å²) in [6, 6.07) is 6.32. The lowest BCUT2D eigenvalue weighted by Crippen LogP contribution is -2.36. The van der Waals surface area contributed by atoms with E-state index in [0.717, 1.165) is 67.0 Å². The van der Waals surface area contributed by atoms with Gasteiger partial charge in [-0.3, -0.25) is 9.78 Å². The van der Waals surface area contributed by atoms with E-state index in [4.69, 9.17) is 14.5 Å². The molecule has 0 N–H and O–H groups in total. The van der Waals surface area contributed by atoms with E-state index in [1.165, 1.54) is 31.5 Å². The molecule has 3 heterocycles. The van der Waals surface area contributed by atoms with Crippen LogP contribution in [0.5, 0.6) is 11.5 Å². The Bertz CT molecular complexity index is 916. The maximum atomic E-state index is 11.7. The summed E-state index contributed by atoms with van der Waals surface area (Å²) in [6.45, 7) is 9.55. The second kappa shape index (κ2) is 9.86. The normalized spacial score (nSPS) is 18.0. The number of amides is 1. The maximum Gasteiger partial charge on any atom is 0.219 e. The molecule has 1 amide bonds. The van der Waals surface area contributed by atoms with Crippen LogP contribution in [-0.4, -0.2) is 67.1 Å². The number of aryl methyl sites for hydroxylation is 1. The zero-order chi connectivity index (χ0) is 21.8. The van der Waals surface area contributed by atoms with Gasteiger partial charge >= 0.3 is 0 Å². The van der Waals surface area contributed by atoms with Gasteiger partial charge in [0, 0.05) is 43.7 Å². The Labute approximate surface area is 185 Å². The van der Waals surface area contributed by atoms with E-state index < -0.39 is 0 Å². The van der Waals surface area contributed by atoms with E-state index in [2.05, 4.69) is 24.0 Å². The van der Waals surface area contributed by atoms with Crippen LogP contribution in [0.3, 0.4) is 0 Å². The van der Waals surface area contributed by atoms with E-state index in [9.17, 15) is 4.79 Å². The second-order valence-corrected chi connectivity index (χ2v) is 8.90. The first-order chi connectivity index (χ1) is 15.0. The van der Waals surface area contributed by atoms with Crippen LogP contribution in [0.2, 0.25) is 0 Å². The summed E-state index contributed by atoms with van der Waals surface area (Å²) in [5.41, 5.74) is 3.28. The fourth-order valence-corrected chi connectivity index (χ4v) is 4.99. The van der Waals surface area contributed by atoms with Crippen LogP contribution in [0.1, 0.15) is 56.2 Å². The number of pyridine rings is 1. The van der Waals surface area contributed by atoms with Crippen LogP contribution in [0.4, 0.5) is 0 Å². The van der Waals surface area contributed by atoms with E-state index in [0.29, 0.717) is 12.5 Å². The third kappa shape index (κ3) is 5.12. The van der Waals surface area contributed by atoms with Crippen molar-refractivity contribution in [3.8, 4) is 11.5 Å². The number of methoxy groups -OCH3 is 1. The van der Waals surface area contributed by atoms with Gasteiger partial charge in [0.1, 0.15) is 0 Å². The molecule has 2 aromatic rings. The molecule has 2 aliphatic rings. The first-order valence-corrected chi connectivity index (χ1v) is 11.6. The van der Waals surface area contributed by atoms with Gasteiger partial charge in [-0.1, -0.05) is 0 Å². The summed E-state index contributed by atoms with van der Waals surface area (Å²) in [7, 11) is 1.70. The minimum absolute atomic E-state index is 0.169. The van der Waals surface area contributed by atoms with Crippen molar-refractivity contribution in [3.63, 3.8) is 0 Å². The third-order valence-electron chi connectivity index (χ3n) is 6.71. The van der Waals surface area contributed by atoms with Crippen molar-refractivity contribution in [2.24, 2.45) is 0 Å². The van der Waals surface area contributed by atoms with Gasteiger partial charge in [0.2, 0.25) is 5.91 Å². The number of piperidine rings is 1. The van der Waals surface area contributed by atoms with Crippen molar-refractivity contribution in [1.29, 1.82) is 0 Å². The van der Waals surface area contributed by atoms with Gasteiger partial charge in [0.05, 0.1) is 19.2 Å². The highest BCUT2D eigenvalue weighted by Gasteiger charge is 2.24. The van der Waals surface area contributed by atoms with Crippen LogP contribution in [-0.2, 0) is 4.79 Å². The second-order valence-electron chi connectivity index (χ2n) is 8.90. The molecule has 0 bridgehead atoms. The van der Waals surface area contributed by atoms with Gasteiger partial charge < -0.3 is 19.3 Å². The minimum Gasteiger partial charge on any atom is -0.493 e. The predicted molar refractivity (Wildman–Crippen MR) is 123 cm³/mol. The van der Waals surface area contributed by atoms with Crippen LogP contribution < -0.4 is 9.47 Å². The first-order valence-electron chi connectivity index (χ1n) is 11.6. The number of fused-ring (bicyclic) bond motifs is 1. The molecule has 0 saturated carbocycles. The van der Waals surface area contributed by atoms with E-state index in [1.807, 2.05) is 11.0 Å². The highest BCUT2D eigenvalue weighted by molar-refractivity contribution is 5.86. The number of nitrogens with zero attached hydrogens (tertiary/aromatic N) is 3. The lowest BCUT2D eigenvalue weighted by atomic mass is 9.87. The average Bonchev–Trinajstić information content (AvgIpc) is 3.29. The fourth-order valence-electron chi connectivity index (χ4n) is 4.99. The first kappa shape index (κ1) is 21.9. The Hall–Kier alpha value is -2.34. The highest BCUT2D eigenvalue weighted by Crippen LogP contribution is 2.38. The van der Waals surface area contributed by atoms with Gasteiger partial charge in [0.25, 0.3) is 0 Å². The molecule has 0 aliphatic carbocycles. The standard InChI is InChI=1S/C25H35N3O3/c1-18-15-21(20-7-12-28(13-8-20)19(2)29)22-16-24(30-3)25(17-23(22)26-18)31-14-6-11-27-9-4-5-10-27/h15-17,20H,4-14H2,1-3H3. The maximum absolute atomic E-state index is 11.7. The van der Waals surface area contributed by atoms with Crippen LogP contribution in [0.25, 0.3) is 10.9 Å². The SMILES string of the molecule is COc1cc2c(C3CCN(C(C)=O)CC3)cc(C)nc2cc1OCCCN1CCCC1. The van der Waals surface area contributed by atoms with Gasteiger partial charge in [0.15, 0.2) is 11.5 Å². The Morgan fingerprint density at radius 1 is 1.10 bits per heavy atom. The summed E-state index contributed by atoms with van der Waals surface area (Å²) >= 11 is 0. The molecule has 2 saturated heterocycles. The summed E-state index contributed by atoms with van der Waals surface area (Å²) < 4.78 is 11.8. The molecule has 2 fully saturated rings. The lowest BCUT2D eigenvalue weighted by Gasteiger charge is -2.32. The smallest absolute Gasteiger partial charge is 0.219 e. The number of likely N-dealkylation sites (tertiary alicyclic amines) is 2. The van der Waals surface area contributed by atoms with Crippen molar-refractivity contribution in [2.75, 3.05) is 46.4 Å². The zero-order valence-corrected chi connectivity index (χ0v) is 19.2. The Balaban J connectivity index is 1.51. The molecule has 0 atom stereocenters. The summed E-state index contributed by atoms with van der Waals surface area (Å²) in [5.74, 6) is 2.13. The predicted octanol–water partition coefficient (Wildman–Crippen LogP) is 4.14. The zero-order valence-electron chi connectivity index (χ0n) is 19.2. The Kier molecular flexibility index (Phi) is 6.96. The van der Waals surface area contributed by atoms with Gasteiger partial charge in [-0.05, 0) is 75.7 Å². The van der Waals surface area contributed by atoms with Gasteiger partial charge in [-0.25, -0.2) is 0 Å². The largest absolute Gasteiger partial charge is 0.493 e. The number of aromatic nitrogens is 1. The quantitative estimate of drug-likeness (QED) is 0.624. The van der Waals surface area contributed by atoms with Crippen LogP contribution >= 0.6 is 0 Å². The van der Waals surface area contributed by atoms with E-state index in [-0.39, 0.29) is 5.91 Å². The molecule has 2 aliphatic heterocycles. The number of benzene rings is 1. The third-order valence-corrected chi connectivity index (χ3v) is 6.71. The molecule has 6 nitrogen and oxygen atoms in total. The van der Waals surface area contributed by atoms with Crippen LogP contribution in [0, 0.1) is 6.92 Å². The topological polar surface area (TPSA) is 54.9 Å². The molecule has 0 unspecified atom stereocenters. The molecule has 6 heteroatoms. The lowest BCUT2D eigenvalue weighted by molar-refractivity contribution is -0.129. The monoisotopic (exact) mass is 425 g/mol. The van der Waals surface area contributed by atoms with Crippen molar-refractivity contribution < 1.29 is 14.3 Å². The van der Waals surface area contributed by atoms with Crippen molar-refractivity contribution >= 4 is 16.8 Å². The van der Waals surface area contributed by atoms with Gasteiger partial charge in [-0.2, -0.15) is 0 Å². The molecule has 4 rings (SSSR count). The van der Waals surface area contributed by atoms with E-state index in [1.54, 1.807) is 14.0 Å². The molecule has 1 aromatic carbocycles.